The average Bonchev–Trinajstić information content (AvgIpc) is 2.70. The molecule has 128 valence electrons. The van der Waals surface area contributed by atoms with Gasteiger partial charge in [0.05, 0.1) is 0 Å². The zero-order valence-corrected chi connectivity index (χ0v) is 13.8. The van der Waals surface area contributed by atoms with Gasteiger partial charge in [-0.15, -0.1) is 0 Å². The molecule has 0 aromatic heterocycles. The average molecular weight is 337 g/mol. The number of hydrogen-bond donors (Lipinski definition) is 0. The van der Waals surface area contributed by atoms with Crippen molar-refractivity contribution < 1.29 is 17.6 Å². The summed E-state index contributed by atoms with van der Waals surface area (Å²) in [6.07, 6.45) is 0.389. The summed E-state index contributed by atoms with van der Waals surface area (Å²) in [6, 6.07) is 6.96. The Morgan fingerprint density at radius 1 is 0.875 bits per heavy atom. The van der Waals surface area contributed by atoms with Crippen molar-refractivity contribution in [2.24, 2.45) is 0 Å². The normalized spacial score (nSPS) is 22.9. The Morgan fingerprint density at radius 2 is 1.33 bits per heavy atom. The summed E-state index contributed by atoms with van der Waals surface area (Å²) < 4.78 is 57.0. The van der Waals surface area contributed by atoms with E-state index in [1.807, 2.05) is 13.8 Å². The molecule has 3 rings (SSSR count). The minimum absolute atomic E-state index is 0.0164. The van der Waals surface area contributed by atoms with E-state index in [0.717, 1.165) is 0 Å². The van der Waals surface area contributed by atoms with Gasteiger partial charge in [0.2, 0.25) is 0 Å². The van der Waals surface area contributed by atoms with Crippen molar-refractivity contribution in [3.05, 3.63) is 65.2 Å². The summed E-state index contributed by atoms with van der Waals surface area (Å²) in [5, 5.41) is 0. The first-order valence-corrected chi connectivity index (χ1v) is 7.91. The zero-order valence-electron chi connectivity index (χ0n) is 13.8. The van der Waals surface area contributed by atoms with Gasteiger partial charge in [-0.3, -0.25) is 0 Å². The molecule has 0 radical (unpaired) electrons. The highest BCUT2D eigenvalue weighted by atomic mass is 19.1. The SMILES string of the molecule is C[C@H]1C(c2c(F)cccc2F)CC(C)(C)N1c1c(F)cccc1F. The molecule has 0 saturated carbocycles. The number of hydrogen-bond acceptors (Lipinski definition) is 1. The molecule has 0 bridgehead atoms. The van der Waals surface area contributed by atoms with Gasteiger partial charge in [0.25, 0.3) is 0 Å². The lowest BCUT2D eigenvalue weighted by molar-refractivity contribution is 0.474. The van der Waals surface area contributed by atoms with Crippen LogP contribution in [0.15, 0.2) is 36.4 Å². The molecule has 1 unspecified atom stereocenters. The summed E-state index contributed by atoms with van der Waals surface area (Å²) in [4.78, 5) is 1.61. The van der Waals surface area contributed by atoms with Gasteiger partial charge in [0, 0.05) is 23.1 Å². The smallest absolute Gasteiger partial charge is 0.149 e. The van der Waals surface area contributed by atoms with Gasteiger partial charge < -0.3 is 4.90 Å². The van der Waals surface area contributed by atoms with Crippen LogP contribution in [0.25, 0.3) is 0 Å². The Hall–Kier alpha value is -2.04. The van der Waals surface area contributed by atoms with Gasteiger partial charge >= 0.3 is 0 Å². The molecule has 2 aromatic carbocycles. The maximum Gasteiger partial charge on any atom is 0.149 e. The molecule has 5 heteroatoms. The van der Waals surface area contributed by atoms with E-state index in [1.165, 1.54) is 36.4 Å². The fraction of sp³-hybridized carbons (Fsp3) is 0.368. The second kappa shape index (κ2) is 5.80. The van der Waals surface area contributed by atoms with Crippen molar-refractivity contribution in [3.63, 3.8) is 0 Å². The molecule has 1 aliphatic rings. The summed E-state index contributed by atoms with van der Waals surface area (Å²) in [5.74, 6) is -3.11. The zero-order chi connectivity index (χ0) is 17.6. The van der Waals surface area contributed by atoms with Gasteiger partial charge in [0.1, 0.15) is 29.0 Å². The lowest BCUT2D eigenvalue weighted by Crippen LogP contribution is -2.43. The van der Waals surface area contributed by atoms with Crippen molar-refractivity contribution in [3.8, 4) is 0 Å². The van der Waals surface area contributed by atoms with E-state index < -0.39 is 40.8 Å². The molecule has 1 nitrogen and oxygen atoms in total. The van der Waals surface area contributed by atoms with Gasteiger partial charge in [-0.2, -0.15) is 0 Å². The van der Waals surface area contributed by atoms with Crippen LogP contribution in [-0.2, 0) is 0 Å². The highest BCUT2D eigenvalue weighted by molar-refractivity contribution is 5.55. The minimum atomic E-state index is -0.676. The Balaban J connectivity index is 2.11. The molecule has 0 spiro atoms. The number of para-hydroxylation sites is 1. The monoisotopic (exact) mass is 337 g/mol. The summed E-state index contributed by atoms with van der Waals surface area (Å²) in [7, 11) is 0. The number of anilines is 1. The molecular weight excluding hydrogens is 318 g/mol. The van der Waals surface area contributed by atoms with E-state index in [9.17, 15) is 17.6 Å². The Morgan fingerprint density at radius 3 is 1.83 bits per heavy atom. The minimum Gasteiger partial charge on any atom is -0.358 e. The second-order valence-electron chi connectivity index (χ2n) is 6.94. The molecule has 1 heterocycles. The molecular formula is C19H19F4N. The molecule has 2 atom stereocenters. The third-order valence-electron chi connectivity index (χ3n) is 4.91. The fourth-order valence-electron chi connectivity index (χ4n) is 3.97. The van der Waals surface area contributed by atoms with E-state index in [4.69, 9.17) is 0 Å². The summed E-state index contributed by atoms with van der Waals surface area (Å²) in [5.41, 5.74) is -0.812. The molecule has 0 N–H and O–H groups in total. The van der Waals surface area contributed by atoms with E-state index in [0.29, 0.717) is 6.42 Å². The molecule has 1 saturated heterocycles. The van der Waals surface area contributed by atoms with Crippen molar-refractivity contribution in [1.82, 2.24) is 0 Å². The highest BCUT2D eigenvalue weighted by Crippen LogP contribution is 2.48. The third-order valence-corrected chi connectivity index (χ3v) is 4.91. The van der Waals surface area contributed by atoms with Crippen LogP contribution < -0.4 is 4.90 Å². The first-order valence-electron chi connectivity index (χ1n) is 7.91. The first kappa shape index (κ1) is 16.8. The molecule has 1 fully saturated rings. The number of halogens is 4. The third kappa shape index (κ3) is 2.56. The Bertz CT molecular complexity index is 731. The quantitative estimate of drug-likeness (QED) is 0.663. The van der Waals surface area contributed by atoms with Gasteiger partial charge in [0.15, 0.2) is 0 Å². The Kier molecular flexibility index (Phi) is 4.06. The second-order valence-corrected chi connectivity index (χ2v) is 6.94. The van der Waals surface area contributed by atoms with Gasteiger partial charge in [-0.1, -0.05) is 12.1 Å². The molecule has 0 aliphatic carbocycles. The number of nitrogens with zero attached hydrogens (tertiary/aromatic N) is 1. The van der Waals surface area contributed by atoms with Crippen LogP contribution >= 0.6 is 0 Å². The predicted octanol–water partition coefficient (Wildman–Crippen LogP) is 5.40. The van der Waals surface area contributed by atoms with Crippen molar-refractivity contribution in [2.45, 2.75) is 44.7 Å². The maximum atomic E-state index is 14.3. The topological polar surface area (TPSA) is 3.24 Å². The maximum absolute atomic E-state index is 14.3. The van der Waals surface area contributed by atoms with Crippen LogP contribution in [0.1, 0.15) is 38.7 Å². The number of benzene rings is 2. The van der Waals surface area contributed by atoms with Crippen molar-refractivity contribution >= 4 is 5.69 Å². The summed E-state index contributed by atoms with van der Waals surface area (Å²) in [6.45, 7) is 5.40. The largest absolute Gasteiger partial charge is 0.358 e. The molecule has 2 aromatic rings. The van der Waals surface area contributed by atoms with Gasteiger partial charge in [-0.05, 0) is 51.5 Å². The Labute approximate surface area is 138 Å². The van der Waals surface area contributed by atoms with Crippen LogP contribution in [0.3, 0.4) is 0 Å². The number of rotatable bonds is 2. The van der Waals surface area contributed by atoms with E-state index in [1.54, 1.807) is 11.8 Å². The fourth-order valence-corrected chi connectivity index (χ4v) is 3.97. The van der Waals surface area contributed by atoms with E-state index in [-0.39, 0.29) is 11.3 Å². The van der Waals surface area contributed by atoms with Crippen molar-refractivity contribution in [1.29, 1.82) is 0 Å². The molecule has 24 heavy (non-hydrogen) atoms. The van der Waals surface area contributed by atoms with Crippen LogP contribution in [0.5, 0.6) is 0 Å². The highest BCUT2D eigenvalue weighted by Gasteiger charge is 2.47. The van der Waals surface area contributed by atoms with Crippen LogP contribution in [0.4, 0.5) is 23.2 Å². The van der Waals surface area contributed by atoms with Gasteiger partial charge in [-0.25, -0.2) is 17.6 Å². The van der Waals surface area contributed by atoms with Crippen LogP contribution in [0.2, 0.25) is 0 Å². The first-order chi connectivity index (χ1) is 11.2. The standard InChI is InChI=1S/C19H19F4N/c1-11-12(17-13(20)6-4-7-14(17)21)10-19(2,3)24(11)18-15(22)8-5-9-16(18)23/h4-9,11-12H,10H2,1-3H3/t11-,12?/m0/s1. The lowest BCUT2D eigenvalue weighted by atomic mass is 9.87. The predicted molar refractivity (Wildman–Crippen MR) is 86.1 cm³/mol. The summed E-state index contributed by atoms with van der Waals surface area (Å²) >= 11 is 0. The van der Waals surface area contributed by atoms with E-state index >= 15 is 0 Å². The molecule has 1 aliphatic heterocycles. The lowest BCUT2D eigenvalue weighted by Gasteiger charge is -2.37. The van der Waals surface area contributed by atoms with Crippen molar-refractivity contribution in [2.75, 3.05) is 4.90 Å². The van der Waals surface area contributed by atoms with E-state index in [2.05, 4.69) is 0 Å². The van der Waals surface area contributed by atoms with Crippen LogP contribution in [0, 0.1) is 23.3 Å². The van der Waals surface area contributed by atoms with Crippen LogP contribution in [-0.4, -0.2) is 11.6 Å². The molecule has 0 amide bonds.